The highest BCUT2D eigenvalue weighted by atomic mass is 16.4. The molecule has 104 valence electrons. The maximum atomic E-state index is 12.0. The van der Waals surface area contributed by atoms with E-state index in [-0.39, 0.29) is 6.42 Å². The molecule has 20 heavy (non-hydrogen) atoms. The molecule has 1 atom stereocenters. The molecule has 7 nitrogen and oxygen atoms in total. The number of aliphatic carboxylic acids is 1. The number of amides is 1. The highest BCUT2D eigenvalue weighted by Gasteiger charge is 2.21. The van der Waals surface area contributed by atoms with Crippen LogP contribution in [-0.4, -0.2) is 38.0 Å². The molecule has 0 bridgehead atoms. The number of aryl methyl sites for hydroxylation is 1. The van der Waals surface area contributed by atoms with E-state index in [0.717, 1.165) is 5.56 Å². The highest BCUT2D eigenvalue weighted by molar-refractivity contribution is 5.96. The third kappa shape index (κ3) is 3.41. The Balaban J connectivity index is 2.08. The summed E-state index contributed by atoms with van der Waals surface area (Å²) in [6, 6.07) is 0.626. The molecule has 2 aromatic heterocycles. The van der Waals surface area contributed by atoms with Gasteiger partial charge in [-0.25, -0.2) is 9.78 Å². The number of carboxylic acids is 1. The molecule has 0 aliphatic heterocycles. The van der Waals surface area contributed by atoms with Gasteiger partial charge in [0, 0.05) is 30.7 Å². The van der Waals surface area contributed by atoms with Crippen molar-refractivity contribution in [3.8, 4) is 0 Å². The van der Waals surface area contributed by atoms with E-state index in [2.05, 4.69) is 20.3 Å². The van der Waals surface area contributed by atoms with Crippen molar-refractivity contribution in [2.24, 2.45) is 0 Å². The highest BCUT2D eigenvalue weighted by Crippen LogP contribution is 2.04. The fourth-order valence-electron chi connectivity index (χ4n) is 1.74. The number of carboxylic acid groups (broad SMARTS) is 1. The average molecular weight is 274 g/mol. The van der Waals surface area contributed by atoms with E-state index in [0.29, 0.717) is 11.3 Å². The standard InChI is InChI=1S/C13H14N4O3/c1-8-2-9(5-14-4-8)12(18)17-11(13(19)20)3-10-6-15-7-16-10/h2,4-7,11H,3H2,1H3,(H,15,16)(H,17,18)(H,19,20)/t11-/m1/s1. The lowest BCUT2D eigenvalue weighted by Crippen LogP contribution is -2.42. The lowest BCUT2D eigenvalue weighted by atomic mass is 10.1. The van der Waals surface area contributed by atoms with Crippen LogP contribution < -0.4 is 5.32 Å². The second-order valence-electron chi connectivity index (χ2n) is 4.40. The van der Waals surface area contributed by atoms with Gasteiger partial charge in [0.1, 0.15) is 6.04 Å². The first kappa shape index (κ1) is 13.7. The summed E-state index contributed by atoms with van der Waals surface area (Å²) in [4.78, 5) is 33.7. The second kappa shape index (κ2) is 5.96. The summed E-state index contributed by atoms with van der Waals surface area (Å²) in [6.07, 6.45) is 6.14. The van der Waals surface area contributed by atoms with Crippen molar-refractivity contribution in [1.29, 1.82) is 0 Å². The van der Waals surface area contributed by atoms with Gasteiger partial charge < -0.3 is 15.4 Å². The van der Waals surface area contributed by atoms with Crippen LogP contribution in [0.25, 0.3) is 0 Å². The zero-order valence-corrected chi connectivity index (χ0v) is 10.8. The molecule has 0 spiro atoms. The fraction of sp³-hybridized carbons (Fsp3) is 0.231. The number of aromatic amines is 1. The monoisotopic (exact) mass is 274 g/mol. The van der Waals surface area contributed by atoms with Crippen molar-refractivity contribution in [2.45, 2.75) is 19.4 Å². The van der Waals surface area contributed by atoms with Crippen LogP contribution in [0.1, 0.15) is 21.6 Å². The predicted octanol–water partition coefficient (Wildman–Crippen LogP) is 0.539. The van der Waals surface area contributed by atoms with Crippen molar-refractivity contribution in [1.82, 2.24) is 20.3 Å². The lowest BCUT2D eigenvalue weighted by molar-refractivity contribution is -0.139. The van der Waals surface area contributed by atoms with Gasteiger partial charge in [-0.3, -0.25) is 9.78 Å². The Morgan fingerprint density at radius 2 is 2.15 bits per heavy atom. The summed E-state index contributed by atoms with van der Waals surface area (Å²) in [6.45, 7) is 1.81. The maximum Gasteiger partial charge on any atom is 0.326 e. The minimum Gasteiger partial charge on any atom is -0.480 e. The van der Waals surface area contributed by atoms with E-state index in [9.17, 15) is 9.59 Å². The quantitative estimate of drug-likeness (QED) is 0.737. The van der Waals surface area contributed by atoms with Gasteiger partial charge in [-0.15, -0.1) is 0 Å². The van der Waals surface area contributed by atoms with Crippen LogP contribution in [0.3, 0.4) is 0 Å². The Labute approximate surface area is 115 Å². The molecule has 0 saturated carbocycles. The molecule has 2 aromatic rings. The first-order valence-corrected chi connectivity index (χ1v) is 5.99. The Kier molecular flexibility index (Phi) is 4.09. The van der Waals surface area contributed by atoms with Crippen LogP contribution in [0.5, 0.6) is 0 Å². The minimum absolute atomic E-state index is 0.139. The number of nitrogens with zero attached hydrogens (tertiary/aromatic N) is 2. The van der Waals surface area contributed by atoms with Gasteiger partial charge in [-0.05, 0) is 18.6 Å². The molecule has 7 heteroatoms. The van der Waals surface area contributed by atoms with E-state index in [1.807, 2.05) is 6.92 Å². The Bertz CT molecular complexity index is 610. The van der Waals surface area contributed by atoms with E-state index in [4.69, 9.17) is 5.11 Å². The number of nitrogens with one attached hydrogen (secondary N) is 2. The molecular weight excluding hydrogens is 260 g/mol. The number of imidazole rings is 1. The number of rotatable bonds is 5. The predicted molar refractivity (Wildman–Crippen MR) is 70.2 cm³/mol. The van der Waals surface area contributed by atoms with Crippen LogP contribution in [0.15, 0.2) is 31.0 Å². The molecule has 2 heterocycles. The molecule has 0 aromatic carbocycles. The maximum absolute atomic E-state index is 12.0. The van der Waals surface area contributed by atoms with Crippen molar-refractivity contribution < 1.29 is 14.7 Å². The van der Waals surface area contributed by atoms with Gasteiger partial charge in [0.15, 0.2) is 0 Å². The molecule has 0 fully saturated rings. The third-order valence-corrected chi connectivity index (χ3v) is 2.72. The molecule has 0 aliphatic rings. The zero-order chi connectivity index (χ0) is 14.5. The SMILES string of the molecule is Cc1cncc(C(=O)N[C@H](Cc2cnc[nH]2)C(=O)O)c1. The molecule has 1 amide bonds. The van der Waals surface area contributed by atoms with Crippen LogP contribution in [0.2, 0.25) is 0 Å². The number of pyridine rings is 1. The zero-order valence-electron chi connectivity index (χ0n) is 10.8. The molecule has 0 radical (unpaired) electrons. The summed E-state index contributed by atoms with van der Waals surface area (Å²) in [5.41, 5.74) is 1.80. The lowest BCUT2D eigenvalue weighted by Gasteiger charge is -2.13. The van der Waals surface area contributed by atoms with Gasteiger partial charge in [0.25, 0.3) is 5.91 Å². The van der Waals surface area contributed by atoms with Gasteiger partial charge in [-0.1, -0.05) is 0 Å². The van der Waals surface area contributed by atoms with E-state index >= 15 is 0 Å². The van der Waals surface area contributed by atoms with Crippen molar-refractivity contribution in [2.75, 3.05) is 0 Å². The number of hydrogen-bond acceptors (Lipinski definition) is 4. The summed E-state index contributed by atoms with van der Waals surface area (Å²) in [7, 11) is 0. The molecule has 0 unspecified atom stereocenters. The molecule has 2 rings (SSSR count). The average Bonchev–Trinajstić information content (AvgIpc) is 2.90. The van der Waals surface area contributed by atoms with Crippen LogP contribution in [-0.2, 0) is 11.2 Å². The number of aromatic nitrogens is 3. The van der Waals surface area contributed by atoms with Gasteiger partial charge in [0.05, 0.1) is 11.9 Å². The number of hydrogen-bond donors (Lipinski definition) is 3. The van der Waals surface area contributed by atoms with Gasteiger partial charge >= 0.3 is 5.97 Å². The van der Waals surface area contributed by atoms with Gasteiger partial charge in [0.2, 0.25) is 0 Å². The van der Waals surface area contributed by atoms with Crippen LogP contribution in [0.4, 0.5) is 0 Å². The minimum atomic E-state index is -1.10. The van der Waals surface area contributed by atoms with E-state index < -0.39 is 17.9 Å². The first-order chi connectivity index (χ1) is 9.56. The van der Waals surface area contributed by atoms with Crippen molar-refractivity contribution in [3.63, 3.8) is 0 Å². The number of carbonyl (C=O) groups is 2. The molecular formula is C13H14N4O3. The number of carbonyl (C=O) groups excluding carboxylic acids is 1. The van der Waals surface area contributed by atoms with Crippen molar-refractivity contribution >= 4 is 11.9 Å². The second-order valence-corrected chi connectivity index (χ2v) is 4.40. The first-order valence-electron chi connectivity index (χ1n) is 5.99. The smallest absolute Gasteiger partial charge is 0.326 e. The van der Waals surface area contributed by atoms with E-state index in [1.165, 1.54) is 18.7 Å². The van der Waals surface area contributed by atoms with E-state index in [1.54, 1.807) is 12.3 Å². The molecule has 0 saturated heterocycles. The summed E-state index contributed by atoms with van der Waals surface area (Å²) in [5.74, 6) is -1.57. The largest absolute Gasteiger partial charge is 0.480 e. The normalized spacial score (nSPS) is 11.8. The Morgan fingerprint density at radius 1 is 1.35 bits per heavy atom. The summed E-state index contributed by atoms with van der Waals surface area (Å²) in [5, 5.41) is 11.6. The third-order valence-electron chi connectivity index (χ3n) is 2.72. The topological polar surface area (TPSA) is 108 Å². The van der Waals surface area contributed by atoms with Crippen molar-refractivity contribution in [3.05, 3.63) is 47.8 Å². The van der Waals surface area contributed by atoms with Crippen LogP contribution >= 0.6 is 0 Å². The van der Waals surface area contributed by atoms with Gasteiger partial charge in [-0.2, -0.15) is 0 Å². The fourth-order valence-corrected chi connectivity index (χ4v) is 1.74. The molecule has 0 aliphatic carbocycles. The Morgan fingerprint density at radius 3 is 2.75 bits per heavy atom. The Hall–Kier alpha value is -2.70. The summed E-state index contributed by atoms with van der Waals surface area (Å²) >= 11 is 0. The molecule has 3 N–H and O–H groups in total. The van der Waals surface area contributed by atoms with Crippen LogP contribution in [0, 0.1) is 6.92 Å². The number of H-pyrrole nitrogens is 1. The summed E-state index contributed by atoms with van der Waals surface area (Å²) < 4.78 is 0.